The molecule has 0 spiro atoms. The number of hydrogen-bond acceptors (Lipinski definition) is 5. The van der Waals surface area contributed by atoms with Crippen LogP contribution in [0.3, 0.4) is 0 Å². The molecule has 0 aliphatic rings. The van der Waals surface area contributed by atoms with Crippen molar-refractivity contribution in [2.75, 3.05) is 29.5 Å². The van der Waals surface area contributed by atoms with Gasteiger partial charge in [0.25, 0.3) is 0 Å². The van der Waals surface area contributed by atoms with Crippen LogP contribution in [0.1, 0.15) is 37.8 Å². The van der Waals surface area contributed by atoms with Gasteiger partial charge < -0.3 is 14.8 Å². The lowest BCUT2D eigenvalue weighted by molar-refractivity contribution is -0.111. The highest BCUT2D eigenvalue weighted by Crippen LogP contribution is 2.37. The summed E-state index contributed by atoms with van der Waals surface area (Å²) in [4.78, 5) is 12.5. The van der Waals surface area contributed by atoms with E-state index in [0.717, 1.165) is 6.42 Å². The molecule has 32 heavy (non-hydrogen) atoms. The van der Waals surface area contributed by atoms with Crippen LogP contribution in [0.5, 0.6) is 11.5 Å². The summed E-state index contributed by atoms with van der Waals surface area (Å²) >= 11 is 6.31. The Hall–Kier alpha value is -2.71. The predicted molar refractivity (Wildman–Crippen MR) is 130 cm³/mol. The molecule has 7 nitrogen and oxygen atoms in total. The number of sulfonamides is 1. The van der Waals surface area contributed by atoms with Gasteiger partial charge in [-0.25, -0.2) is 8.42 Å². The Labute approximate surface area is 194 Å². The lowest BCUT2D eigenvalue weighted by Gasteiger charge is -2.14. The summed E-state index contributed by atoms with van der Waals surface area (Å²) in [6.07, 6.45) is 4.32. The molecule has 0 aliphatic carbocycles. The maximum Gasteiger partial charge on any atom is 0.248 e. The Morgan fingerprint density at radius 2 is 1.88 bits per heavy atom. The molecule has 2 aromatic rings. The summed E-state index contributed by atoms with van der Waals surface area (Å²) in [5, 5.41) is 3.16. The van der Waals surface area contributed by atoms with Crippen molar-refractivity contribution in [1.82, 2.24) is 0 Å². The average Bonchev–Trinajstić information content (AvgIpc) is 2.73. The van der Waals surface area contributed by atoms with Gasteiger partial charge in [-0.05, 0) is 61.2 Å². The molecule has 0 aromatic heterocycles. The molecule has 0 fully saturated rings. The van der Waals surface area contributed by atoms with Gasteiger partial charge in [0.2, 0.25) is 15.9 Å². The number of anilines is 2. The standard InChI is InChI=1S/C23H29ClN2O5S/c1-5-12-31-23-18(24)14-17(15-21(23)30-4)10-11-22(27)25-19-8-7-9-20(16(19)3)26-32(28,29)13-6-2/h7-11,14-15,26H,5-6,12-13H2,1-4H3,(H,25,27)/b11-10+. The van der Waals surface area contributed by atoms with E-state index in [-0.39, 0.29) is 11.7 Å². The van der Waals surface area contributed by atoms with Gasteiger partial charge in [-0.15, -0.1) is 0 Å². The van der Waals surface area contributed by atoms with Crippen LogP contribution < -0.4 is 19.5 Å². The molecule has 0 heterocycles. The van der Waals surface area contributed by atoms with Gasteiger partial charge in [-0.3, -0.25) is 9.52 Å². The van der Waals surface area contributed by atoms with Crippen LogP contribution in [0.4, 0.5) is 11.4 Å². The van der Waals surface area contributed by atoms with E-state index in [1.54, 1.807) is 50.3 Å². The van der Waals surface area contributed by atoms with E-state index in [2.05, 4.69) is 10.0 Å². The van der Waals surface area contributed by atoms with Gasteiger partial charge in [-0.2, -0.15) is 0 Å². The molecular formula is C23H29ClN2O5S. The number of ether oxygens (including phenoxy) is 2. The highest BCUT2D eigenvalue weighted by molar-refractivity contribution is 7.92. The van der Waals surface area contributed by atoms with Gasteiger partial charge in [0.15, 0.2) is 11.5 Å². The van der Waals surface area contributed by atoms with Gasteiger partial charge in [0.05, 0.1) is 30.2 Å². The summed E-state index contributed by atoms with van der Waals surface area (Å²) in [6.45, 7) is 6.04. The molecule has 2 aromatic carbocycles. The fourth-order valence-corrected chi connectivity index (χ4v) is 4.36. The van der Waals surface area contributed by atoms with Gasteiger partial charge in [0.1, 0.15) is 0 Å². The smallest absolute Gasteiger partial charge is 0.248 e. The topological polar surface area (TPSA) is 93.7 Å². The number of halogens is 1. The van der Waals surface area contributed by atoms with Crippen molar-refractivity contribution < 1.29 is 22.7 Å². The summed E-state index contributed by atoms with van der Waals surface area (Å²) in [6, 6.07) is 8.46. The first kappa shape index (κ1) is 25.5. The van der Waals surface area contributed by atoms with E-state index in [0.29, 0.717) is 52.1 Å². The Kier molecular flexibility index (Phi) is 9.41. The average molecular weight is 481 g/mol. The molecule has 0 atom stereocenters. The maximum atomic E-state index is 12.5. The van der Waals surface area contributed by atoms with E-state index >= 15 is 0 Å². The number of carbonyl (C=O) groups is 1. The number of nitrogens with one attached hydrogen (secondary N) is 2. The molecule has 0 saturated carbocycles. The SMILES string of the molecule is CCCOc1c(Cl)cc(/C=C/C(=O)Nc2cccc(NS(=O)(=O)CCC)c2C)cc1OC. The first-order chi connectivity index (χ1) is 15.2. The minimum atomic E-state index is -3.43. The molecule has 2 rings (SSSR count). The Balaban J connectivity index is 2.16. The third kappa shape index (κ3) is 7.17. The van der Waals surface area contributed by atoms with Crippen LogP contribution in [0, 0.1) is 6.92 Å². The first-order valence-electron chi connectivity index (χ1n) is 10.3. The summed E-state index contributed by atoms with van der Waals surface area (Å²) in [5.41, 5.74) is 2.23. The molecule has 0 bridgehead atoms. The Morgan fingerprint density at radius 1 is 1.16 bits per heavy atom. The number of rotatable bonds is 11. The van der Waals surface area contributed by atoms with Crippen molar-refractivity contribution in [2.24, 2.45) is 0 Å². The molecule has 9 heteroatoms. The summed E-state index contributed by atoms with van der Waals surface area (Å²) < 4.78 is 37.7. The fraction of sp³-hybridized carbons (Fsp3) is 0.348. The fourth-order valence-electron chi connectivity index (χ4n) is 2.90. The zero-order chi connectivity index (χ0) is 23.7. The van der Waals surface area contributed by atoms with Crippen molar-refractivity contribution in [3.63, 3.8) is 0 Å². The van der Waals surface area contributed by atoms with Crippen LogP contribution in [0.15, 0.2) is 36.4 Å². The zero-order valence-corrected chi connectivity index (χ0v) is 20.3. The lowest BCUT2D eigenvalue weighted by atomic mass is 10.1. The highest BCUT2D eigenvalue weighted by Gasteiger charge is 2.14. The van der Waals surface area contributed by atoms with E-state index in [1.807, 2.05) is 6.92 Å². The zero-order valence-electron chi connectivity index (χ0n) is 18.7. The normalized spacial score (nSPS) is 11.4. The van der Waals surface area contributed by atoms with E-state index in [1.165, 1.54) is 13.2 Å². The molecule has 0 aliphatic heterocycles. The van der Waals surface area contributed by atoms with E-state index < -0.39 is 10.0 Å². The van der Waals surface area contributed by atoms with E-state index in [9.17, 15) is 13.2 Å². The maximum absolute atomic E-state index is 12.5. The third-order valence-electron chi connectivity index (χ3n) is 4.46. The second-order valence-corrected chi connectivity index (χ2v) is 9.35. The van der Waals surface area contributed by atoms with Crippen molar-refractivity contribution in [3.05, 3.63) is 52.6 Å². The van der Waals surface area contributed by atoms with Crippen LogP contribution in [-0.4, -0.2) is 33.8 Å². The minimum absolute atomic E-state index is 0.0278. The van der Waals surface area contributed by atoms with Crippen molar-refractivity contribution in [3.8, 4) is 11.5 Å². The highest BCUT2D eigenvalue weighted by atomic mass is 35.5. The van der Waals surface area contributed by atoms with Gasteiger partial charge >= 0.3 is 0 Å². The third-order valence-corrected chi connectivity index (χ3v) is 6.22. The molecular weight excluding hydrogens is 452 g/mol. The number of methoxy groups -OCH3 is 1. The summed E-state index contributed by atoms with van der Waals surface area (Å²) in [7, 11) is -1.91. The van der Waals surface area contributed by atoms with Crippen molar-refractivity contribution in [1.29, 1.82) is 0 Å². The van der Waals surface area contributed by atoms with Gasteiger partial charge in [0, 0.05) is 11.8 Å². The molecule has 0 radical (unpaired) electrons. The van der Waals surface area contributed by atoms with Crippen LogP contribution in [-0.2, 0) is 14.8 Å². The number of benzene rings is 2. The number of carbonyl (C=O) groups excluding carboxylic acids is 1. The van der Waals surface area contributed by atoms with Crippen LogP contribution in [0.25, 0.3) is 6.08 Å². The van der Waals surface area contributed by atoms with Crippen molar-refractivity contribution in [2.45, 2.75) is 33.6 Å². The minimum Gasteiger partial charge on any atom is -0.493 e. The van der Waals surface area contributed by atoms with E-state index in [4.69, 9.17) is 21.1 Å². The number of amides is 1. The Bertz CT molecular complexity index is 1080. The predicted octanol–water partition coefficient (Wildman–Crippen LogP) is 5.25. The molecule has 1 amide bonds. The second kappa shape index (κ2) is 11.8. The lowest BCUT2D eigenvalue weighted by Crippen LogP contribution is -2.17. The Morgan fingerprint density at radius 3 is 2.53 bits per heavy atom. The second-order valence-electron chi connectivity index (χ2n) is 7.10. The molecule has 174 valence electrons. The number of hydrogen-bond donors (Lipinski definition) is 2. The molecule has 2 N–H and O–H groups in total. The molecule has 0 saturated heterocycles. The summed E-state index contributed by atoms with van der Waals surface area (Å²) in [5.74, 6) is 0.604. The monoisotopic (exact) mass is 480 g/mol. The first-order valence-corrected chi connectivity index (χ1v) is 12.3. The van der Waals surface area contributed by atoms with Crippen LogP contribution in [0.2, 0.25) is 5.02 Å². The quantitative estimate of drug-likeness (QED) is 0.428. The van der Waals surface area contributed by atoms with Crippen LogP contribution >= 0.6 is 11.6 Å². The van der Waals surface area contributed by atoms with Crippen molar-refractivity contribution >= 4 is 45.0 Å². The molecule has 0 unspecified atom stereocenters. The van der Waals surface area contributed by atoms with Gasteiger partial charge in [-0.1, -0.05) is 31.5 Å². The largest absolute Gasteiger partial charge is 0.493 e.